The lowest BCUT2D eigenvalue weighted by atomic mass is 10.0. The van der Waals surface area contributed by atoms with Gasteiger partial charge in [-0.05, 0) is 11.5 Å². The van der Waals surface area contributed by atoms with Crippen LogP contribution >= 0.6 is 11.6 Å². The zero-order valence-electron chi connectivity index (χ0n) is 11.3. The fourth-order valence-electron chi connectivity index (χ4n) is 1.93. The van der Waals surface area contributed by atoms with Gasteiger partial charge in [-0.25, -0.2) is 0 Å². The number of rotatable bonds is 4. The Morgan fingerprint density at radius 1 is 1.29 bits per heavy atom. The highest BCUT2D eigenvalue weighted by molar-refractivity contribution is 6.30. The van der Waals surface area contributed by atoms with Crippen LogP contribution in [0.2, 0.25) is 0 Å². The molecule has 1 amide bonds. The Kier molecular flexibility index (Phi) is 4.65. The summed E-state index contributed by atoms with van der Waals surface area (Å²) in [6, 6.07) is 10.4. The summed E-state index contributed by atoms with van der Waals surface area (Å²) in [6.07, 6.45) is 0. The molecule has 0 saturated heterocycles. The van der Waals surface area contributed by atoms with Gasteiger partial charge in [-0.3, -0.25) is 9.59 Å². The molecule has 2 aromatic rings. The predicted molar refractivity (Wildman–Crippen MR) is 79.6 cm³/mol. The highest BCUT2D eigenvalue weighted by Gasteiger charge is 2.19. The third-order valence-corrected chi connectivity index (χ3v) is 3.38. The van der Waals surface area contributed by atoms with Gasteiger partial charge in [0.25, 0.3) is 5.91 Å². The number of phenolic OH excluding ortho intramolecular Hbond substituents is 1. The van der Waals surface area contributed by atoms with Crippen molar-refractivity contribution in [2.75, 3.05) is 13.7 Å². The quantitative estimate of drug-likeness (QED) is 0.669. The monoisotopic (exact) mass is 307 g/mol. The second kappa shape index (κ2) is 6.45. The third kappa shape index (κ3) is 3.25. The minimum absolute atomic E-state index is 0.0840. The van der Waals surface area contributed by atoms with E-state index < -0.39 is 17.3 Å². The van der Waals surface area contributed by atoms with E-state index in [9.17, 15) is 14.7 Å². The summed E-state index contributed by atoms with van der Waals surface area (Å²) in [6.45, 7) is -0.0840. The molecule has 0 aliphatic rings. The largest absolute Gasteiger partial charge is 0.506 e. The molecule has 2 N–H and O–H groups in total. The number of benzene rings is 2. The van der Waals surface area contributed by atoms with E-state index in [2.05, 4.69) is 10.1 Å². The molecule has 0 bridgehead atoms. The van der Waals surface area contributed by atoms with Gasteiger partial charge in [0.1, 0.15) is 11.1 Å². The maximum absolute atomic E-state index is 12.0. The van der Waals surface area contributed by atoms with E-state index in [1.54, 1.807) is 18.2 Å². The molecular weight excluding hydrogens is 294 g/mol. The van der Waals surface area contributed by atoms with Gasteiger partial charge >= 0.3 is 5.97 Å². The highest BCUT2D eigenvalue weighted by atomic mass is 35.5. The number of carbonyl (C=O) groups is 2. The molecule has 2 rings (SSSR count). The summed E-state index contributed by atoms with van der Waals surface area (Å²) >= 11 is 5.75. The molecule has 2 aromatic carbocycles. The van der Waals surface area contributed by atoms with Crippen LogP contribution in [0.15, 0.2) is 36.4 Å². The number of carbonyl (C=O) groups excluding carboxylic acids is 2. The molecule has 1 atom stereocenters. The van der Waals surface area contributed by atoms with Crippen molar-refractivity contribution in [2.24, 2.45) is 0 Å². The number of amides is 1. The van der Waals surface area contributed by atoms with Gasteiger partial charge in [0.15, 0.2) is 0 Å². The summed E-state index contributed by atoms with van der Waals surface area (Å²) in [5, 5.41) is 13.1. The normalized spacial score (nSPS) is 11.9. The van der Waals surface area contributed by atoms with Gasteiger partial charge in [0.05, 0.1) is 12.7 Å². The van der Waals surface area contributed by atoms with Crippen molar-refractivity contribution in [1.29, 1.82) is 0 Å². The number of esters is 1. The summed E-state index contributed by atoms with van der Waals surface area (Å²) in [7, 11) is 1.22. The van der Waals surface area contributed by atoms with Crippen molar-refractivity contribution in [3.8, 4) is 5.75 Å². The standard InChI is InChI=1S/C15H14ClNO4/c1-21-15(20)12(16)8-17-14(19)11-7-6-9-4-2-3-5-10(9)13(11)18/h2-7,12,18H,8H2,1H3,(H,17,19). The first kappa shape index (κ1) is 15.1. The van der Waals surface area contributed by atoms with Gasteiger partial charge in [-0.1, -0.05) is 30.3 Å². The lowest BCUT2D eigenvalue weighted by Gasteiger charge is -2.11. The van der Waals surface area contributed by atoms with Gasteiger partial charge in [-0.2, -0.15) is 0 Å². The Balaban J connectivity index is 2.16. The van der Waals surface area contributed by atoms with Crippen LogP contribution in [-0.2, 0) is 9.53 Å². The fraction of sp³-hybridized carbons (Fsp3) is 0.200. The Bertz CT molecular complexity index is 686. The van der Waals surface area contributed by atoms with Gasteiger partial charge in [0.2, 0.25) is 0 Å². The predicted octanol–water partition coefficient (Wildman–Crippen LogP) is 2.06. The smallest absolute Gasteiger partial charge is 0.325 e. The van der Waals surface area contributed by atoms with Crippen LogP contribution in [0, 0.1) is 0 Å². The van der Waals surface area contributed by atoms with Gasteiger partial charge in [-0.15, -0.1) is 11.6 Å². The number of hydrogen-bond donors (Lipinski definition) is 2. The van der Waals surface area contributed by atoms with Crippen molar-refractivity contribution >= 4 is 34.2 Å². The zero-order chi connectivity index (χ0) is 15.4. The Morgan fingerprint density at radius 3 is 2.71 bits per heavy atom. The van der Waals surface area contributed by atoms with Crippen molar-refractivity contribution in [1.82, 2.24) is 5.32 Å². The minimum Gasteiger partial charge on any atom is -0.506 e. The highest BCUT2D eigenvalue weighted by Crippen LogP contribution is 2.28. The van der Waals surface area contributed by atoms with Crippen LogP contribution in [0.3, 0.4) is 0 Å². The molecule has 0 spiro atoms. The van der Waals surface area contributed by atoms with Crippen molar-refractivity contribution in [3.05, 3.63) is 42.0 Å². The molecule has 21 heavy (non-hydrogen) atoms. The molecule has 0 radical (unpaired) electrons. The molecule has 6 heteroatoms. The Hall–Kier alpha value is -2.27. The average molecular weight is 308 g/mol. The lowest BCUT2D eigenvalue weighted by Crippen LogP contribution is -2.34. The molecule has 1 unspecified atom stereocenters. The van der Waals surface area contributed by atoms with Crippen molar-refractivity contribution in [3.63, 3.8) is 0 Å². The van der Waals surface area contributed by atoms with E-state index in [0.717, 1.165) is 5.39 Å². The Morgan fingerprint density at radius 2 is 2.00 bits per heavy atom. The first-order valence-corrected chi connectivity index (χ1v) is 6.69. The Labute approximate surface area is 126 Å². The SMILES string of the molecule is COC(=O)C(Cl)CNC(=O)c1ccc2ccccc2c1O. The molecule has 0 aliphatic carbocycles. The van der Waals surface area contributed by atoms with E-state index >= 15 is 0 Å². The topological polar surface area (TPSA) is 75.6 Å². The van der Waals surface area contributed by atoms with E-state index in [-0.39, 0.29) is 17.9 Å². The first-order valence-electron chi connectivity index (χ1n) is 6.25. The number of methoxy groups -OCH3 is 1. The van der Waals surface area contributed by atoms with Gasteiger partial charge < -0.3 is 15.2 Å². The van der Waals surface area contributed by atoms with Crippen LogP contribution in [0.4, 0.5) is 0 Å². The van der Waals surface area contributed by atoms with Crippen molar-refractivity contribution < 1.29 is 19.4 Å². The average Bonchev–Trinajstić information content (AvgIpc) is 2.52. The molecule has 110 valence electrons. The summed E-state index contributed by atoms with van der Waals surface area (Å²) in [5.74, 6) is -1.23. The molecule has 0 heterocycles. The number of ether oxygens (including phenoxy) is 1. The number of phenols is 1. The van der Waals surface area contributed by atoms with Crippen LogP contribution in [0.25, 0.3) is 10.8 Å². The number of fused-ring (bicyclic) bond motifs is 1. The molecule has 0 saturated carbocycles. The summed E-state index contributed by atoms with van der Waals surface area (Å²) in [5.41, 5.74) is 0.127. The molecule has 0 aromatic heterocycles. The van der Waals surface area contributed by atoms with Crippen LogP contribution in [0.1, 0.15) is 10.4 Å². The van der Waals surface area contributed by atoms with E-state index in [1.165, 1.54) is 13.2 Å². The lowest BCUT2D eigenvalue weighted by molar-refractivity contribution is -0.140. The minimum atomic E-state index is -0.971. The second-order valence-corrected chi connectivity index (χ2v) is 4.91. The van der Waals surface area contributed by atoms with Crippen molar-refractivity contribution in [2.45, 2.75) is 5.38 Å². The fourth-order valence-corrected chi connectivity index (χ4v) is 2.09. The number of hydrogen-bond acceptors (Lipinski definition) is 4. The van der Waals surface area contributed by atoms with Gasteiger partial charge in [0, 0.05) is 11.9 Å². The number of alkyl halides is 1. The first-order chi connectivity index (χ1) is 10.0. The molecule has 5 nitrogen and oxygen atoms in total. The maximum Gasteiger partial charge on any atom is 0.325 e. The van der Waals surface area contributed by atoms with E-state index in [1.807, 2.05) is 12.1 Å². The molecule has 0 fully saturated rings. The third-order valence-electron chi connectivity index (χ3n) is 3.04. The maximum atomic E-state index is 12.0. The number of nitrogens with one attached hydrogen (secondary N) is 1. The number of aromatic hydroxyl groups is 1. The van der Waals surface area contributed by atoms with Crippen LogP contribution < -0.4 is 5.32 Å². The van der Waals surface area contributed by atoms with Crippen LogP contribution in [0.5, 0.6) is 5.75 Å². The molecular formula is C15H14ClNO4. The zero-order valence-corrected chi connectivity index (χ0v) is 12.1. The summed E-state index contributed by atoms with van der Waals surface area (Å²) in [4.78, 5) is 23.2. The van der Waals surface area contributed by atoms with Crippen LogP contribution in [-0.4, -0.2) is 36.0 Å². The van der Waals surface area contributed by atoms with E-state index in [0.29, 0.717) is 5.39 Å². The number of halogens is 1. The van der Waals surface area contributed by atoms with E-state index in [4.69, 9.17) is 11.6 Å². The second-order valence-electron chi connectivity index (χ2n) is 4.38. The summed E-state index contributed by atoms with van der Waals surface area (Å²) < 4.78 is 4.46. The molecule has 0 aliphatic heterocycles.